The number of nitrogens with one attached hydrogen (secondary N) is 1. The van der Waals surface area contributed by atoms with Gasteiger partial charge in [-0.05, 0) is 36.4 Å². The summed E-state index contributed by atoms with van der Waals surface area (Å²) < 4.78 is 20.4. The number of methoxy groups -OCH3 is 1. The van der Waals surface area contributed by atoms with Crippen molar-refractivity contribution < 1.29 is 13.9 Å². The van der Waals surface area contributed by atoms with Crippen LogP contribution in [-0.4, -0.2) is 22.4 Å². The lowest BCUT2D eigenvalue weighted by Gasteiger charge is -2.11. The maximum Gasteiger partial charge on any atom is 0.200 e. The molecule has 0 spiro atoms. The summed E-state index contributed by atoms with van der Waals surface area (Å²) in [5.74, 6) is 0.169. The van der Waals surface area contributed by atoms with E-state index in [0.717, 1.165) is 22.7 Å². The van der Waals surface area contributed by atoms with Gasteiger partial charge in [-0.2, -0.15) is 0 Å². The minimum Gasteiger partial charge on any atom is -0.497 e. The minimum atomic E-state index is -0.573. The number of hydrogen-bond acceptors (Lipinski definition) is 4. The maximum atomic E-state index is 13.4. The van der Waals surface area contributed by atoms with Crippen LogP contribution in [0.4, 0.5) is 4.39 Å². The molecule has 0 amide bonds. The van der Waals surface area contributed by atoms with Gasteiger partial charge in [-0.15, -0.1) is 0 Å². The third kappa shape index (κ3) is 2.70. The number of hydrogen-bond donors (Lipinski definition) is 1. The van der Waals surface area contributed by atoms with Gasteiger partial charge in [-0.1, -0.05) is 12.1 Å². The second kappa shape index (κ2) is 6.14. The molecule has 1 aromatic heterocycles. The Hall–Kier alpha value is -2.99. The van der Waals surface area contributed by atoms with Crippen molar-refractivity contribution in [2.75, 3.05) is 7.11 Å². The van der Waals surface area contributed by atoms with Gasteiger partial charge >= 0.3 is 0 Å². The normalized spacial score (nSPS) is 15.8. The Balaban J connectivity index is 1.66. The largest absolute Gasteiger partial charge is 0.497 e. The molecule has 1 aliphatic heterocycles. The first-order chi connectivity index (χ1) is 12.2. The lowest BCUT2D eigenvalue weighted by atomic mass is 10.1. The number of ether oxygens (including phenoxy) is 1. The molecule has 1 aliphatic rings. The smallest absolute Gasteiger partial charge is 0.200 e. The van der Waals surface area contributed by atoms with Crippen molar-refractivity contribution >= 4 is 5.78 Å². The molecule has 126 valence electrons. The molecule has 25 heavy (non-hydrogen) atoms. The quantitative estimate of drug-likeness (QED) is 0.743. The van der Waals surface area contributed by atoms with E-state index in [4.69, 9.17) is 4.74 Å². The fraction of sp³-hybridized carbons (Fsp3) is 0.158. The standard InChI is InChI=1S/C19H16FN3O2/c1-25-15-7-5-12(6-8-15)17-16-10-21-19(23(16)11-22-17)18(24)13-3-2-4-14(20)9-13/h2-9,11,19,21H,10H2,1H3. The van der Waals surface area contributed by atoms with E-state index in [2.05, 4.69) is 10.3 Å². The number of benzene rings is 2. The summed E-state index contributed by atoms with van der Waals surface area (Å²) in [6, 6.07) is 13.3. The van der Waals surface area contributed by atoms with Crippen molar-refractivity contribution in [2.45, 2.75) is 12.7 Å². The minimum absolute atomic E-state index is 0.183. The molecule has 1 unspecified atom stereocenters. The van der Waals surface area contributed by atoms with E-state index >= 15 is 0 Å². The number of rotatable bonds is 4. The zero-order valence-corrected chi connectivity index (χ0v) is 13.6. The molecule has 0 fully saturated rings. The van der Waals surface area contributed by atoms with Gasteiger partial charge in [-0.3, -0.25) is 10.1 Å². The molecule has 1 atom stereocenters. The zero-order valence-electron chi connectivity index (χ0n) is 13.6. The van der Waals surface area contributed by atoms with E-state index in [0.29, 0.717) is 12.1 Å². The highest BCUT2D eigenvalue weighted by Gasteiger charge is 2.31. The first kappa shape index (κ1) is 15.5. The molecule has 0 aliphatic carbocycles. The fourth-order valence-corrected chi connectivity index (χ4v) is 3.08. The van der Waals surface area contributed by atoms with E-state index in [1.54, 1.807) is 19.5 Å². The Morgan fingerprint density at radius 2 is 2.08 bits per heavy atom. The third-order valence-corrected chi connectivity index (χ3v) is 4.36. The molecular formula is C19H16FN3O2. The molecule has 0 radical (unpaired) electrons. The van der Waals surface area contributed by atoms with E-state index in [-0.39, 0.29) is 5.78 Å². The van der Waals surface area contributed by atoms with Crippen LogP contribution in [0.1, 0.15) is 22.2 Å². The number of carbonyl (C=O) groups excluding carboxylic acids is 1. The highest BCUT2D eigenvalue weighted by molar-refractivity contribution is 5.99. The molecule has 0 bridgehead atoms. The monoisotopic (exact) mass is 337 g/mol. The first-order valence-corrected chi connectivity index (χ1v) is 7.90. The predicted molar refractivity (Wildman–Crippen MR) is 90.8 cm³/mol. The lowest BCUT2D eigenvalue weighted by Crippen LogP contribution is -2.26. The van der Waals surface area contributed by atoms with E-state index < -0.39 is 12.0 Å². The Labute approximate surface area is 144 Å². The lowest BCUT2D eigenvalue weighted by molar-refractivity contribution is 0.0913. The Morgan fingerprint density at radius 3 is 2.80 bits per heavy atom. The van der Waals surface area contributed by atoms with Crippen LogP contribution in [-0.2, 0) is 6.54 Å². The van der Waals surface area contributed by atoms with Crippen molar-refractivity contribution in [1.29, 1.82) is 0 Å². The van der Waals surface area contributed by atoms with Crippen LogP contribution < -0.4 is 10.1 Å². The summed E-state index contributed by atoms with van der Waals surface area (Å²) in [5.41, 5.74) is 3.05. The second-order valence-electron chi connectivity index (χ2n) is 5.83. The molecule has 0 saturated carbocycles. The molecule has 3 aromatic rings. The SMILES string of the molecule is COc1ccc(-c2ncn3c2CNC3C(=O)c2cccc(F)c2)cc1. The van der Waals surface area contributed by atoms with Crippen LogP contribution in [0.25, 0.3) is 11.3 Å². The van der Waals surface area contributed by atoms with Crippen molar-refractivity contribution in [3.63, 3.8) is 0 Å². The molecule has 1 N–H and O–H groups in total. The van der Waals surface area contributed by atoms with Gasteiger partial charge in [0.15, 0.2) is 5.78 Å². The summed E-state index contributed by atoms with van der Waals surface area (Å²) in [4.78, 5) is 17.2. The number of aromatic nitrogens is 2. The summed E-state index contributed by atoms with van der Waals surface area (Å²) in [6.07, 6.45) is 1.08. The fourth-order valence-electron chi connectivity index (χ4n) is 3.08. The Morgan fingerprint density at radius 1 is 1.28 bits per heavy atom. The molecule has 2 heterocycles. The highest BCUT2D eigenvalue weighted by atomic mass is 19.1. The summed E-state index contributed by atoms with van der Waals surface area (Å²) in [7, 11) is 1.62. The molecule has 4 rings (SSSR count). The van der Waals surface area contributed by atoms with Crippen molar-refractivity contribution in [3.8, 4) is 17.0 Å². The number of carbonyl (C=O) groups is 1. The van der Waals surface area contributed by atoms with Crippen LogP contribution in [0.5, 0.6) is 5.75 Å². The molecule has 0 saturated heterocycles. The first-order valence-electron chi connectivity index (χ1n) is 7.90. The van der Waals surface area contributed by atoms with E-state index in [1.807, 2.05) is 28.8 Å². The van der Waals surface area contributed by atoms with E-state index in [9.17, 15) is 9.18 Å². The van der Waals surface area contributed by atoms with Crippen LogP contribution >= 0.6 is 0 Å². The van der Waals surface area contributed by atoms with Gasteiger partial charge in [0, 0.05) is 17.7 Å². The summed E-state index contributed by atoms with van der Waals surface area (Å²) in [6.45, 7) is 0.521. The summed E-state index contributed by atoms with van der Waals surface area (Å²) in [5, 5.41) is 3.18. The van der Waals surface area contributed by atoms with Gasteiger partial charge in [0.2, 0.25) is 0 Å². The molecule has 5 nitrogen and oxygen atoms in total. The van der Waals surface area contributed by atoms with Crippen molar-refractivity contribution in [2.24, 2.45) is 0 Å². The van der Waals surface area contributed by atoms with Gasteiger partial charge < -0.3 is 9.30 Å². The van der Waals surface area contributed by atoms with E-state index in [1.165, 1.54) is 18.2 Å². The summed E-state index contributed by atoms with van der Waals surface area (Å²) >= 11 is 0. The number of ketones is 1. The number of imidazole rings is 1. The van der Waals surface area contributed by atoms with Gasteiger partial charge in [-0.25, -0.2) is 9.37 Å². The van der Waals surface area contributed by atoms with Crippen molar-refractivity contribution in [3.05, 3.63) is 71.9 Å². The average Bonchev–Trinajstić information content (AvgIpc) is 3.23. The van der Waals surface area contributed by atoms with Crippen molar-refractivity contribution in [1.82, 2.24) is 14.9 Å². The Bertz CT molecular complexity index is 934. The van der Waals surface area contributed by atoms with Gasteiger partial charge in [0.05, 0.1) is 24.8 Å². The Kier molecular flexibility index (Phi) is 3.82. The number of Topliss-reactive ketones (excluding diaryl/α,β-unsaturated/α-hetero) is 1. The van der Waals surface area contributed by atoms with Crippen LogP contribution in [0, 0.1) is 5.82 Å². The molecule has 2 aromatic carbocycles. The number of nitrogens with zero attached hydrogens (tertiary/aromatic N) is 2. The predicted octanol–water partition coefficient (Wildman–Crippen LogP) is 3.18. The topological polar surface area (TPSA) is 56.1 Å². The second-order valence-corrected chi connectivity index (χ2v) is 5.83. The van der Waals surface area contributed by atoms with Crippen LogP contribution in [0.2, 0.25) is 0 Å². The van der Waals surface area contributed by atoms with Crippen LogP contribution in [0.3, 0.4) is 0 Å². The van der Waals surface area contributed by atoms with Gasteiger partial charge in [0.1, 0.15) is 17.7 Å². The number of fused-ring (bicyclic) bond motifs is 1. The van der Waals surface area contributed by atoms with Crippen LogP contribution in [0.15, 0.2) is 54.9 Å². The maximum absolute atomic E-state index is 13.4. The zero-order chi connectivity index (χ0) is 17.4. The third-order valence-electron chi connectivity index (χ3n) is 4.36. The molecular weight excluding hydrogens is 321 g/mol. The van der Waals surface area contributed by atoms with Gasteiger partial charge in [0.25, 0.3) is 0 Å². The average molecular weight is 337 g/mol. The molecule has 6 heteroatoms. The number of halogens is 1. The highest BCUT2D eigenvalue weighted by Crippen LogP contribution is 2.30.